The minimum absolute atomic E-state index is 0.0222. The number of aliphatic hydroxyl groups is 1. The third-order valence-electron chi connectivity index (χ3n) is 3.58. The molecule has 1 aliphatic rings. The number of nitrogens with one attached hydrogen (secondary N) is 1. The molecule has 1 aliphatic heterocycles. The van der Waals surface area contributed by atoms with Crippen LogP contribution in [0.1, 0.15) is 24.0 Å². The summed E-state index contributed by atoms with van der Waals surface area (Å²) in [4.78, 5) is 13.8. The molecule has 2 rings (SSSR count). The van der Waals surface area contributed by atoms with E-state index in [1.165, 1.54) is 0 Å². The van der Waals surface area contributed by atoms with Gasteiger partial charge >= 0.3 is 6.03 Å². The van der Waals surface area contributed by atoms with Gasteiger partial charge in [-0.25, -0.2) is 4.79 Å². The lowest BCUT2D eigenvalue weighted by Crippen LogP contribution is -2.43. The van der Waals surface area contributed by atoms with Gasteiger partial charge in [0, 0.05) is 17.6 Å². The van der Waals surface area contributed by atoms with E-state index in [1.54, 1.807) is 4.90 Å². The molecule has 1 aromatic rings. The van der Waals surface area contributed by atoms with Crippen LogP contribution in [0, 0.1) is 6.92 Å². The summed E-state index contributed by atoms with van der Waals surface area (Å²) in [5.74, 6) is 0. The van der Waals surface area contributed by atoms with Crippen molar-refractivity contribution >= 4 is 22.0 Å². The van der Waals surface area contributed by atoms with Gasteiger partial charge in [0.05, 0.1) is 12.6 Å². The van der Waals surface area contributed by atoms with Crippen LogP contribution >= 0.6 is 15.9 Å². The first-order valence-electron chi connectivity index (χ1n) is 6.52. The number of hydrogen-bond donors (Lipinski definition) is 2. The highest BCUT2D eigenvalue weighted by Crippen LogP contribution is 2.18. The molecule has 1 aromatic carbocycles. The topological polar surface area (TPSA) is 52.6 Å². The number of nitrogens with zero attached hydrogens (tertiary/aromatic N) is 1. The van der Waals surface area contributed by atoms with Gasteiger partial charge in [0.1, 0.15) is 0 Å². The summed E-state index contributed by atoms with van der Waals surface area (Å²) in [6.07, 6.45) is 1.86. The summed E-state index contributed by atoms with van der Waals surface area (Å²) in [7, 11) is 0. The van der Waals surface area contributed by atoms with Crippen LogP contribution in [0.5, 0.6) is 0 Å². The molecule has 1 atom stereocenters. The molecule has 2 N–H and O–H groups in total. The minimum Gasteiger partial charge on any atom is -0.394 e. The Labute approximate surface area is 121 Å². The number of benzene rings is 1. The molecular formula is C14H19BrN2O2. The number of carbonyl (C=O) groups is 1. The fourth-order valence-corrected chi connectivity index (χ4v) is 2.90. The minimum atomic E-state index is -0.0844. The highest BCUT2D eigenvalue weighted by molar-refractivity contribution is 9.10. The maximum absolute atomic E-state index is 12.1. The van der Waals surface area contributed by atoms with Crippen molar-refractivity contribution in [1.82, 2.24) is 10.2 Å². The Morgan fingerprint density at radius 3 is 3.05 bits per heavy atom. The highest BCUT2D eigenvalue weighted by Gasteiger charge is 2.27. The van der Waals surface area contributed by atoms with Crippen LogP contribution < -0.4 is 5.32 Å². The molecule has 4 nitrogen and oxygen atoms in total. The molecule has 104 valence electrons. The maximum Gasteiger partial charge on any atom is 0.317 e. The van der Waals surface area contributed by atoms with Crippen LogP contribution in [-0.2, 0) is 6.54 Å². The molecule has 0 aliphatic carbocycles. The quantitative estimate of drug-likeness (QED) is 0.896. The molecule has 0 bridgehead atoms. The Morgan fingerprint density at radius 2 is 2.37 bits per heavy atom. The van der Waals surface area contributed by atoms with Crippen molar-refractivity contribution in [2.75, 3.05) is 13.2 Å². The van der Waals surface area contributed by atoms with E-state index in [0.29, 0.717) is 6.54 Å². The smallest absolute Gasteiger partial charge is 0.317 e. The predicted octanol–water partition coefficient (Wildman–Crippen LogP) is 2.42. The number of rotatable bonds is 3. The van der Waals surface area contributed by atoms with E-state index >= 15 is 0 Å². The van der Waals surface area contributed by atoms with Gasteiger partial charge in [-0.05, 0) is 43.0 Å². The van der Waals surface area contributed by atoms with Crippen LogP contribution in [0.15, 0.2) is 22.7 Å². The number of carbonyl (C=O) groups excluding carboxylic acids is 1. The SMILES string of the molecule is Cc1cc(Br)ccc1CNC(=O)N1CCCC1CO. The summed E-state index contributed by atoms with van der Waals surface area (Å²) in [5.41, 5.74) is 2.26. The van der Waals surface area contributed by atoms with Crippen LogP contribution in [0.4, 0.5) is 4.79 Å². The van der Waals surface area contributed by atoms with Gasteiger partial charge in [-0.1, -0.05) is 22.0 Å². The van der Waals surface area contributed by atoms with Crippen LogP contribution in [-0.4, -0.2) is 35.2 Å². The molecule has 1 heterocycles. The van der Waals surface area contributed by atoms with Crippen LogP contribution in [0.2, 0.25) is 0 Å². The number of likely N-dealkylation sites (tertiary alicyclic amines) is 1. The summed E-state index contributed by atoms with van der Waals surface area (Å²) in [5, 5.41) is 12.1. The highest BCUT2D eigenvalue weighted by atomic mass is 79.9. The number of hydrogen-bond acceptors (Lipinski definition) is 2. The van der Waals surface area contributed by atoms with Crippen molar-refractivity contribution in [3.63, 3.8) is 0 Å². The van der Waals surface area contributed by atoms with Crippen molar-refractivity contribution in [3.8, 4) is 0 Å². The second-order valence-electron chi connectivity index (χ2n) is 4.90. The van der Waals surface area contributed by atoms with E-state index in [-0.39, 0.29) is 18.7 Å². The van der Waals surface area contributed by atoms with Gasteiger partial charge in [-0.3, -0.25) is 0 Å². The summed E-state index contributed by atoms with van der Waals surface area (Å²) in [6.45, 7) is 3.33. The fourth-order valence-electron chi connectivity index (χ4n) is 2.42. The molecular weight excluding hydrogens is 308 g/mol. The Morgan fingerprint density at radius 1 is 1.58 bits per heavy atom. The molecule has 1 saturated heterocycles. The van der Waals surface area contributed by atoms with E-state index in [1.807, 2.05) is 25.1 Å². The molecule has 2 amide bonds. The van der Waals surface area contributed by atoms with E-state index < -0.39 is 0 Å². The van der Waals surface area contributed by atoms with Crippen molar-refractivity contribution in [2.45, 2.75) is 32.4 Å². The van der Waals surface area contributed by atoms with E-state index in [9.17, 15) is 9.90 Å². The number of aryl methyl sites for hydroxylation is 1. The molecule has 1 unspecified atom stereocenters. The van der Waals surface area contributed by atoms with E-state index in [2.05, 4.69) is 21.2 Å². The van der Waals surface area contributed by atoms with Gasteiger partial charge in [-0.2, -0.15) is 0 Å². The molecule has 5 heteroatoms. The predicted molar refractivity (Wildman–Crippen MR) is 77.9 cm³/mol. The van der Waals surface area contributed by atoms with E-state index in [0.717, 1.165) is 35.0 Å². The Bertz CT molecular complexity index is 465. The first-order chi connectivity index (χ1) is 9.11. The number of urea groups is 1. The molecule has 0 aromatic heterocycles. The molecule has 19 heavy (non-hydrogen) atoms. The average molecular weight is 327 g/mol. The Kier molecular flexibility index (Phi) is 4.82. The zero-order valence-electron chi connectivity index (χ0n) is 11.0. The van der Waals surface area contributed by atoms with Crippen molar-refractivity contribution in [2.24, 2.45) is 0 Å². The molecule has 0 radical (unpaired) electrons. The van der Waals surface area contributed by atoms with E-state index in [4.69, 9.17) is 0 Å². The number of aliphatic hydroxyl groups excluding tert-OH is 1. The molecule has 0 saturated carbocycles. The third kappa shape index (κ3) is 3.48. The molecule has 0 spiro atoms. The lowest BCUT2D eigenvalue weighted by molar-refractivity contribution is 0.157. The van der Waals surface area contributed by atoms with Gasteiger partial charge in [0.25, 0.3) is 0 Å². The average Bonchev–Trinajstić information content (AvgIpc) is 2.85. The van der Waals surface area contributed by atoms with Gasteiger partial charge < -0.3 is 15.3 Å². The summed E-state index contributed by atoms with van der Waals surface area (Å²) < 4.78 is 1.04. The zero-order chi connectivity index (χ0) is 13.8. The maximum atomic E-state index is 12.1. The van der Waals surface area contributed by atoms with Crippen molar-refractivity contribution in [3.05, 3.63) is 33.8 Å². The van der Waals surface area contributed by atoms with Crippen LogP contribution in [0.3, 0.4) is 0 Å². The van der Waals surface area contributed by atoms with Gasteiger partial charge in [-0.15, -0.1) is 0 Å². The lowest BCUT2D eigenvalue weighted by atomic mass is 10.1. The molecule has 1 fully saturated rings. The van der Waals surface area contributed by atoms with Crippen molar-refractivity contribution < 1.29 is 9.90 Å². The second kappa shape index (κ2) is 6.39. The first kappa shape index (κ1) is 14.3. The normalized spacial score (nSPS) is 18.7. The van der Waals surface area contributed by atoms with Gasteiger partial charge in [0.2, 0.25) is 0 Å². The first-order valence-corrected chi connectivity index (χ1v) is 7.31. The fraction of sp³-hybridized carbons (Fsp3) is 0.500. The summed E-state index contributed by atoms with van der Waals surface area (Å²) >= 11 is 3.42. The number of halogens is 1. The Balaban J connectivity index is 1.93. The van der Waals surface area contributed by atoms with Crippen LogP contribution in [0.25, 0.3) is 0 Å². The third-order valence-corrected chi connectivity index (χ3v) is 4.08. The number of amides is 2. The Hall–Kier alpha value is -1.07. The lowest BCUT2D eigenvalue weighted by Gasteiger charge is -2.23. The second-order valence-corrected chi connectivity index (χ2v) is 5.82. The standard InChI is InChI=1S/C14H19BrN2O2/c1-10-7-12(15)5-4-11(10)8-16-14(19)17-6-2-3-13(17)9-18/h4-5,7,13,18H,2-3,6,8-9H2,1H3,(H,16,19). The monoisotopic (exact) mass is 326 g/mol. The zero-order valence-corrected chi connectivity index (χ0v) is 12.6. The largest absolute Gasteiger partial charge is 0.394 e. The van der Waals surface area contributed by atoms with Gasteiger partial charge in [0.15, 0.2) is 0 Å². The van der Waals surface area contributed by atoms with Crippen molar-refractivity contribution in [1.29, 1.82) is 0 Å². The summed E-state index contributed by atoms with van der Waals surface area (Å²) in [6, 6.07) is 5.91.